The fourth-order valence-corrected chi connectivity index (χ4v) is 18.9. The Hall–Kier alpha value is -5.34. The van der Waals surface area contributed by atoms with Gasteiger partial charge in [0, 0.05) is 0 Å². The first kappa shape index (κ1) is 48.6. The largest absolute Gasteiger partial charge is 1.00 e. The molecule has 5 heteroatoms. The van der Waals surface area contributed by atoms with Gasteiger partial charge >= 0.3 is 44.8 Å². The van der Waals surface area contributed by atoms with E-state index in [0.717, 1.165) is 17.5 Å². The molecule has 0 spiro atoms. The van der Waals surface area contributed by atoms with Crippen LogP contribution >= 0.6 is 15.8 Å². The van der Waals surface area contributed by atoms with Gasteiger partial charge in [-0.05, 0) is 100 Å². The third-order valence-electron chi connectivity index (χ3n) is 12.4. The summed E-state index contributed by atoms with van der Waals surface area (Å²) in [6, 6.07) is 82.8. The van der Waals surface area contributed by atoms with E-state index in [4.69, 9.17) is 12.8 Å². The fourth-order valence-electron chi connectivity index (χ4n) is 9.52. The van der Waals surface area contributed by atoms with Crippen LogP contribution in [0.2, 0.25) is 13.1 Å². The summed E-state index contributed by atoms with van der Waals surface area (Å²) in [6.07, 6.45) is 15.7. The molecule has 0 fully saturated rings. The van der Waals surface area contributed by atoms with Gasteiger partial charge in [0.1, 0.15) is 47.7 Å². The van der Waals surface area contributed by atoms with Gasteiger partial charge in [-0.1, -0.05) is 171 Å². The Morgan fingerprint density at radius 2 is 0.758 bits per heavy atom. The Bertz CT molecular complexity index is 2960. The summed E-state index contributed by atoms with van der Waals surface area (Å²) < 4.78 is 0. The Kier molecular flexibility index (Phi) is 16.5. The van der Waals surface area contributed by atoms with Crippen molar-refractivity contribution in [2.45, 2.75) is 19.5 Å². The number of fused-ring (bicyclic) bond motifs is 6. The molecular formula is C61H48Au2P2Si+2. The molecule has 9 aromatic carbocycles. The van der Waals surface area contributed by atoms with E-state index in [1.807, 2.05) is 24.3 Å². The summed E-state index contributed by atoms with van der Waals surface area (Å²) in [6.45, 7) is 4.72. The van der Waals surface area contributed by atoms with Crippen molar-refractivity contribution >= 4 is 66.1 Å². The van der Waals surface area contributed by atoms with Crippen LogP contribution in [0.25, 0.3) is 22.3 Å². The summed E-state index contributed by atoms with van der Waals surface area (Å²) in [4.78, 5) is 0. The summed E-state index contributed by atoms with van der Waals surface area (Å²) in [5.41, 5.74) is 9.74. The predicted octanol–water partition coefficient (Wildman–Crippen LogP) is 10.3. The van der Waals surface area contributed by atoms with Gasteiger partial charge in [-0.25, -0.2) is 0 Å². The Labute approximate surface area is 426 Å². The molecule has 1 aliphatic carbocycles. The summed E-state index contributed by atoms with van der Waals surface area (Å²) >= 11 is 0. The molecule has 0 saturated carbocycles. The van der Waals surface area contributed by atoms with Crippen LogP contribution < -0.4 is 42.2 Å². The minimum absolute atomic E-state index is 0. The molecule has 1 aliphatic heterocycles. The molecule has 0 atom stereocenters. The predicted molar refractivity (Wildman–Crippen MR) is 282 cm³/mol. The molecular weight excluding hydrogens is 1220 g/mol. The number of hydrogen-bond donors (Lipinski definition) is 0. The first-order valence-corrected chi connectivity index (χ1v) is 27.8. The van der Waals surface area contributed by atoms with Crippen molar-refractivity contribution in [3.8, 4) is 34.1 Å². The van der Waals surface area contributed by atoms with E-state index in [0.29, 0.717) is 0 Å². The summed E-state index contributed by atoms with van der Waals surface area (Å²) in [7, 11) is -3.91. The maximum atomic E-state index is 7.47. The molecule has 0 saturated heterocycles. The normalized spacial score (nSPS) is 11.8. The van der Waals surface area contributed by atoms with Crippen LogP contribution in [-0.2, 0) is 51.2 Å². The van der Waals surface area contributed by atoms with E-state index >= 15 is 0 Å². The van der Waals surface area contributed by atoms with E-state index in [1.165, 1.54) is 75.6 Å². The fraction of sp³-hybridized carbons (Fsp3) is 0.0492. The maximum absolute atomic E-state index is 7.47. The van der Waals surface area contributed by atoms with E-state index < -0.39 is 23.9 Å². The SMILES string of the molecule is [Au+].[Au+].[C-]#Cc1cccc2c1Cc1ccccc1-2.[C-]#Cc1cccc2c1[Si](C)(C)c1ccccc1-2.c1ccc([PH+](c2ccccc2)c2ccccc2[PH+](c2ccccc2)c2ccccc2)cc1. The van der Waals surface area contributed by atoms with Crippen LogP contribution in [0.15, 0.2) is 231 Å². The van der Waals surface area contributed by atoms with Gasteiger partial charge in [0.2, 0.25) is 0 Å². The molecule has 1 heterocycles. The zero-order valence-electron chi connectivity index (χ0n) is 36.7. The van der Waals surface area contributed by atoms with Crippen LogP contribution in [0.4, 0.5) is 0 Å². The van der Waals surface area contributed by atoms with Crippen molar-refractivity contribution in [3.05, 3.63) is 266 Å². The summed E-state index contributed by atoms with van der Waals surface area (Å²) in [5.74, 6) is 5.11. The molecule has 0 N–H and O–H groups in total. The van der Waals surface area contributed by atoms with E-state index in [1.54, 1.807) is 0 Å². The summed E-state index contributed by atoms with van der Waals surface area (Å²) in [5, 5.41) is 11.6. The van der Waals surface area contributed by atoms with Gasteiger partial charge in [-0.2, -0.15) is 0 Å². The Morgan fingerprint density at radius 1 is 0.379 bits per heavy atom. The maximum Gasteiger partial charge on any atom is 1.00 e. The molecule has 2 aliphatic rings. The van der Waals surface area contributed by atoms with Crippen LogP contribution in [0.3, 0.4) is 0 Å². The topological polar surface area (TPSA) is 0 Å². The van der Waals surface area contributed by atoms with E-state index in [-0.39, 0.29) is 44.8 Å². The minimum atomic E-state index is -1.63. The van der Waals surface area contributed by atoms with Crippen molar-refractivity contribution in [1.82, 2.24) is 0 Å². The van der Waals surface area contributed by atoms with Gasteiger partial charge in [-0.15, -0.1) is 34.0 Å². The molecule has 0 unspecified atom stereocenters. The second-order valence-electron chi connectivity index (χ2n) is 16.6. The molecule has 0 radical (unpaired) electrons. The smallest absolute Gasteiger partial charge is 0.366 e. The number of hydrogen-bond acceptors (Lipinski definition) is 0. The van der Waals surface area contributed by atoms with Crippen molar-refractivity contribution in [2.75, 3.05) is 0 Å². The quantitative estimate of drug-likeness (QED) is 0.0674. The molecule has 11 rings (SSSR count). The number of rotatable bonds is 6. The Balaban J connectivity index is 0.000000160. The average Bonchev–Trinajstić information content (AvgIpc) is 3.86. The van der Waals surface area contributed by atoms with Crippen LogP contribution in [0.5, 0.6) is 0 Å². The van der Waals surface area contributed by atoms with Gasteiger partial charge in [0.05, 0.1) is 8.07 Å². The van der Waals surface area contributed by atoms with Gasteiger partial charge in [-0.3, -0.25) is 11.8 Å². The minimum Gasteiger partial charge on any atom is -0.366 e. The zero-order valence-corrected chi connectivity index (χ0v) is 44.1. The molecule has 0 aromatic heterocycles. The monoisotopic (exact) mass is 1260 g/mol. The van der Waals surface area contributed by atoms with Crippen molar-refractivity contribution in [2.24, 2.45) is 0 Å². The Morgan fingerprint density at radius 3 is 1.24 bits per heavy atom. The zero-order chi connectivity index (χ0) is 43.9. The van der Waals surface area contributed by atoms with Gasteiger partial charge < -0.3 is 12.8 Å². The van der Waals surface area contributed by atoms with Crippen LogP contribution in [0.1, 0.15) is 22.3 Å². The van der Waals surface area contributed by atoms with E-state index in [9.17, 15) is 0 Å². The average molecular weight is 1270 g/mol. The second-order valence-corrected chi connectivity index (χ2v) is 25.7. The molecule has 9 aromatic rings. The molecule has 326 valence electrons. The third kappa shape index (κ3) is 10.00. The third-order valence-corrected chi connectivity index (χ3v) is 21.8. The standard InChI is InChI=1S/C30H24P2.C16H13Si.C15H9.2Au/c1-5-15-25(16-6-1)31(26-17-7-2-8-18-26)29-23-13-14-24-30(29)32(27-19-9-3-10-20-27)28-21-11-4-12-22-28;1-4-12-8-7-10-14-13-9-5-6-11-15(13)17(2,3)16(12)14;1-2-11-7-5-9-14-13-8-4-3-6-12(13)10-15(11)14;;/h1-24H;5-11H,2-3H3;3-9H,10H2;;/q;2*-1;2*+1/p+2. The first-order chi connectivity index (χ1) is 31.5. The van der Waals surface area contributed by atoms with Crippen LogP contribution in [0, 0.1) is 24.7 Å². The number of benzene rings is 9. The molecule has 0 nitrogen and oxygen atoms in total. The van der Waals surface area contributed by atoms with Crippen molar-refractivity contribution in [1.29, 1.82) is 0 Å². The van der Waals surface area contributed by atoms with E-state index in [2.05, 4.69) is 231 Å². The van der Waals surface area contributed by atoms with Gasteiger partial charge in [0.15, 0.2) is 0 Å². The molecule has 0 amide bonds. The molecule has 66 heavy (non-hydrogen) atoms. The van der Waals surface area contributed by atoms with Crippen molar-refractivity contribution in [3.63, 3.8) is 0 Å². The van der Waals surface area contributed by atoms with Gasteiger partial charge in [0.25, 0.3) is 0 Å². The van der Waals surface area contributed by atoms with Crippen LogP contribution in [-0.4, -0.2) is 8.07 Å². The first-order valence-electron chi connectivity index (χ1n) is 21.8. The molecule has 0 bridgehead atoms. The van der Waals surface area contributed by atoms with Crippen molar-refractivity contribution < 1.29 is 44.8 Å². The second kappa shape index (κ2) is 22.4.